The molecular weight excluding hydrogens is 456 g/mol. The number of amides is 2. The maximum absolute atomic E-state index is 13.9. The van der Waals surface area contributed by atoms with Gasteiger partial charge in [0, 0.05) is 26.6 Å². The summed E-state index contributed by atoms with van der Waals surface area (Å²) in [6, 6.07) is 3.31. The summed E-state index contributed by atoms with van der Waals surface area (Å²) >= 11 is 0. The fourth-order valence-corrected chi connectivity index (χ4v) is 5.62. The van der Waals surface area contributed by atoms with E-state index < -0.39 is 38.8 Å². The Labute approximate surface area is 191 Å². The first-order valence-corrected chi connectivity index (χ1v) is 12.6. The van der Waals surface area contributed by atoms with E-state index in [1.54, 1.807) is 0 Å². The summed E-state index contributed by atoms with van der Waals surface area (Å²) in [4.78, 5) is 27.3. The molecule has 0 unspecified atom stereocenters. The van der Waals surface area contributed by atoms with E-state index in [0.717, 1.165) is 43.9 Å². The van der Waals surface area contributed by atoms with Crippen LogP contribution in [-0.4, -0.2) is 72.0 Å². The van der Waals surface area contributed by atoms with E-state index in [1.165, 1.54) is 6.20 Å². The van der Waals surface area contributed by atoms with E-state index in [9.17, 15) is 26.8 Å². The molecule has 0 atom stereocenters. The van der Waals surface area contributed by atoms with Gasteiger partial charge in [0.15, 0.2) is 9.84 Å². The molecule has 1 aliphatic heterocycles. The van der Waals surface area contributed by atoms with Crippen LogP contribution in [0.1, 0.15) is 48.0 Å². The lowest BCUT2D eigenvalue weighted by Crippen LogP contribution is -2.49. The zero-order valence-electron chi connectivity index (χ0n) is 17.8. The minimum Gasteiger partial charge on any atom is -0.348 e. The van der Waals surface area contributed by atoms with E-state index in [2.05, 4.69) is 25.7 Å². The molecule has 180 valence electrons. The Kier molecular flexibility index (Phi) is 6.75. The molecule has 0 radical (unpaired) electrons. The number of hydrogen-bond acceptors (Lipinski definition) is 6. The second-order valence-corrected chi connectivity index (χ2v) is 10.7. The van der Waals surface area contributed by atoms with Crippen LogP contribution in [0.2, 0.25) is 0 Å². The van der Waals surface area contributed by atoms with Crippen molar-refractivity contribution in [2.45, 2.75) is 37.8 Å². The number of carbonyl (C=O) groups is 2. The fraction of sp³-hybridized carbons (Fsp3) is 0.476. The lowest BCUT2D eigenvalue weighted by Gasteiger charge is -2.38. The van der Waals surface area contributed by atoms with Crippen LogP contribution in [-0.2, 0) is 9.84 Å². The van der Waals surface area contributed by atoms with E-state index in [4.69, 9.17) is 0 Å². The molecule has 33 heavy (non-hydrogen) atoms. The van der Waals surface area contributed by atoms with Gasteiger partial charge in [0.05, 0.1) is 23.4 Å². The van der Waals surface area contributed by atoms with Crippen molar-refractivity contribution in [1.29, 1.82) is 0 Å². The van der Waals surface area contributed by atoms with Crippen LogP contribution in [0.5, 0.6) is 0 Å². The smallest absolute Gasteiger partial charge is 0.271 e. The number of aromatic amines is 1. The van der Waals surface area contributed by atoms with Gasteiger partial charge in [0.2, 0.25) is 0 Å². The second-order valence-electron chi connectivity index (χ2n) is 8.38. The Bertz CT molecular complexity index is 1120. The highest BCUT2D eigenvalue weighted by atomic mass is 32.2. The molecule has 2 heterocycles. The number of H-pyrrole nitrogens is 1. The van der Waals surface area contributed by atoms with Gasteiger partial charge in [-0.25, -0.2) is 17.2 Å². The topological polar surface area (TPSA) is 124 Å². The van der Waals surface area contributed by atoms with Crippen molar-refractivity contribution in [3.05, 3.63) is 47.3 Å². The maximum atomic E-state index is 13.9. The quantitative estimate of drug-likeness (QED) is 0.597. The Morgan fingerprint density at radius 2 is 1.70 bits per heavy atom. The molecule has 12 heteroatoms. The highest BCUT2D eigenvalue weighted by Gasteiger charge is 2.31. The Morgan fingerprint density at radius 1 is 1.06 bits per heavy atom. The van der Waals surface area contributed by atoms with Gasteiger partial charge in [-0.05, 0) is 37.8 Å². The number of nitrogens with one attached hydrogen (secondary N) is 3. The van der Waals surface area contributed by atoms with Gasteiger partial charge in [0.25, 0.3) is 11.8 Å². The summed E-state index contributed by atoms with van der Waals surface area (Å²) in [6.45, 7) is 1.09. The molecule has 0 bridgehead atoms. The molecule has 1 aliphatic carbocycles. The summed E-state index contributed by atoms with van der Waals surface area (Å²) < 4.78 is 51.0. The second kappa shape index (κ2) is 9.56. The monoisotopic (exact) mass is 483 g/mol. The van der Waals surface area contributed by atoms with E-state index >= 15 is 0 Å². The molecular formula is C21H27F2N5O4S. The van der Waals surface area contributed by atoms with Gasteiger partial charge in [0.1, 0.15) is 22.9 Å². The van der Waals surface area contributed by atoms with Crippen molar-refractivity contribution >= 4 is 27.3 Å². The summed E-state index contributed by atoms with van der Waals surface area (Å²) in [5, 5.41) is 11.5. The zero-order valence-corrected chi connectivity index (χ0v) is 18.6. The number of anilines is 1. The van der Waals surface area contributed by atoms with Gasteiger partial charge >= 0.3 is 0 Å². The Hall–Kier alpha value is -2.86. The minimum atomic E-state index is -2.92. The van der Waals surface area contributed by atoms with Crippen molar-refractivity contribution < 1.29 is 28.2 Å². The first-order valence-electron chi connectivity index (χ1n) is 10.8. The summed E-state index contributed by atoms with van der Waals surface area (Å²) in [5.41, 5.74) is -0.735. The number of hydrogen-bond donors (Lipinski definition) is 3. The molecule has 3 N–H and O–H groups in total. The predicted octanol–water partition coefficient (Wildman–Crippen LogP) is 1.96. The number of carbonyl (C=O) groups excluding carboxylic acids is 2. The zero-order chi connectivity index (χ0) is 23.6. The first-order chi connectivity index (χ1) is 15.7. The normalized spacial score (nSPS) is 23.1. The molecule has 9 nitrogen and oxygen atoms in total. The number of halogens is 2. The lowest BCUT2D eigenvalue weighted by atomic mass is 9.90. The van der Waals surface area contributed by atoms with Gasteiger partial charge < -0.3 is 10.6 Å². The standard InChI is InChI=1S/C21H25F2N5O4S.H2/c22-15-2-1-3-16(23)18(15)20(29)26-17-12-24-27-19(17)21(30)25-13-4-6-14(7-5-13)28-8-10-33(31,32)11-9-28;/h1-3,12-14H,4-11H2,(H,24,27)(H,25,30)(H,26,29);1H. The summed E-state index contributed by atoms with van der Waals surface area (Å²) in [5.74, 6) is -3.15. The molecule has 1 aromatic carbocycles. The van der Waals surface area contributed by atoms with E-state index in [-0.39, 0.29) is 30.4 Å². The van der Waals surface area contributed by atoms with Crippen molar-refractivity contribution in [2.24, 2.45) is 0 Å². The number of benzene rings is 1. The van der Waals surface area contributed by atoms with Gasteiger partial charge in [-0.2, -0.15) is 5.10 Å². The lowest BCUT2D eigenvalue weighted by molar-refractivity contribution is 0.0901. The van der Waals surface area contributed by atoms with Crippen LogP contribution in [0.25, 0.3) is 0 Å². The third-order valence-electron chi connectivity index (χ3n) is 6.23. The highest BCUT2D eigenvalue weighted by molar-refractivity contribution is 7.91. The molecule has 2 aliphatic rings. The average molecular weight is 484 g/mol. The van der Waals surface area contributed by atoms with Crippen molar-refractivity contribution in [3.63, 3.8) is 0 Å². The van der Waals surface area contributed by atoms with Gasteiger partial charge in [-0.1, -0.05) is 6.07 Å². The number of nitrogens with zero attached hydrogens (tertiary/aromatic N) is 2. The number of sulfone groups is 1. The molecule has 2 aromatic rings. The number of rotatable bonds is 5. The van der Waals surface area contributed by atoms with Crippen LogP contribution in [0.3, 0.4) is 0 Å². The van der Waals surface area contributed by atoms with Crippen LogP contribution >= 0.6 is 0 Å². The average Bonchev–Trinajstić information content (AvgIpc) is 3.22. The van der Waals surface area contributed by atoms with Crippen molar-refractivity contribution in [2.75, 3.05) is 29.9 Å². The highest BCUT2D eigenvalue weighted by Crippen LogP contribution is 2.25. The first kappa shape index (κ1) is 23.3. The van der Waals surface area contributed by atoms with E-state index in [1.807, 2.05) is 0 Å². The summed E-state index contributed by atoms with van der Waals surface area (Å²) in [6.07, 6.45) is 4.34. The van der Waals surface area contributed by atoms with E-state index in [0.29, 0.717) is 19.1 Å². The molecule has 0 spiro atoms. The molecule has 1 aromatic heterocycles. The molecule has 2 fully saturated rings. The largest absolute Gasteiger partial charge is 0.348 e. The predicted molar refractivity (Wildman–Crippen MR) is 119 cm³/mol. The minimum absolute atomic E-state index is 0. The Balaban J connectivity index is 0.00000324. The van der Waals surface area contributed by atoms with Crippen LogP contribution in [0, 0.1) is 11.6 Å². The van der Waals surface area contributed by atoms with Gasteiger partial charge in [-0.3, -0.25) is 19.6 Å². The molecule has 1 saturated heterocycles. The molecule has 1 saturated carbocycles. The third kappa shape index (κ3) is 5.38. The van der Waals surface area contributed by atoms with Crippen LogP contribution in [0.4, 0.5) is 14.5 Å². The molecule has 2 amide bonds. The van der Waals surface area contributed by atoms with Crippen LogP contribution < -0.4 is 10.6 Å². The summed E-state index contributed by atoms with van der Waals surface area (Å²) in [7, 11) is -2.92. The molecule has 4 rings (SSSR count). The third-order valence-corrected chi connectivity index (χ3v) is 7.84. The van der Waals surface area contributed by atoms with Crippen LogP contribution in [0.15, 0.2) is 24.4 Å². The van der Waals surface area contributed by atoms with Gasteiger partial charge in [-0.15, -0.1) is 0 Å². The van der Waals surface area contributed by atoms with Crippen molar-refractivity contribution in [1.82, 2.24) is 20.4 Å². The maximum Gasteiger partial charge on any atom is 0.271 e. The fourth-order valence-electron chi connectivity index (χ4n) is 4.39. The SMILES string of the molecule is O=C(NC1CCC(N2CCS(=O)(=O)CC2)CC1)c1[nH]ncc1NC(=O)c1c(F)cccc1F.[HH]. The number of aromatic nitrogens is 2. The Morgan fingerprint density at radius 3 is 2.33 bits per heavy atom. The van der Waals surface area contributed by atoms with Crippen molar-refractivity contribution in [3.8, 4) is 0 Å².